The molecular weight excluding hydrogens is 405 g/mol. The molecule has 1 aromatic carbocycles. The molecule has 0 aliphatic carbocycles. The Bertz CT molecular complexity index is 760. The largest absolute Gasteiger partial charge is 0.326 e. The third kappa shape index (κ3) is 4.62. The minimum absolute atomic E-state index is 0.0132. The van der Waals surface area contributed by atoms with E-state index in [4.69, 9.17) is 11.6 Å². The van der Waals surface area contributed by atoms with Crippen LogP contribution in [0, 0.1) is 11.2 Å². The van der Waals surface area contributed by atoms with Crippen molar-refractivity contribution in [1.82, 2.24) is 0 Å². The number of hydrogen-bond acceptors (Lipinski definition) is 3. The molecule has 2 aromatic rings. The van der Waals surface area contributed by atoms with Crippen LogP contribution in [0.5, 0.6) is 0 Å². The molecule has 0 aliphatic heterocycles. The Hall–Kier alpha value is -1.24. The van der Waals surface area contributed by atoms with Crippen molar-refractivity contribution in [2.24, 2.45) is 5.41 Å². The van der Waals surface area contributed by atoms with Crippen molar-refractivity contribution in [2.75, 3.05) is 5.32 Å². The van der Waals surface area contributed by atoms with E-state index in [-0.39, 0.29) is 23.1 Å². The van der Waals surface area contributed by atoms with Crippen LogP contribution in [0.25, 0.3) is 0 Å². The standard InChI is InChI=1S/C16H14BrClFNO2S/c1-16(2,8-12(21)13-5-6-14(17)23-13)15(22)20-9-3-4-10(18)11(19)7-9/h3-7H,8H2,1-2H3,(H,20,22). The molecule has 1 amide bonds. The number of carbonyl (C=O) groups excluding carboxylic acids is 2. The van der Waals surface area contributed by atoms with E-state index in [1.165, 1.54) is 23.5 Å². The number of thiophene rings is 1. The minimum Gasteiger partial charge on any atom is -0.326 e. The summed E-state index contributed by atoms with van der Waals surface area (Å²) in [5, 5.41) is 2.60. The molecule has 2 rings (SSSR count). The summed E-state index contributed by atoms with van der Waals surface area (Å²) in [4.78, 5) is 25.2. The van der Waals surface area contributed by atoms with Gasteiger partial charge in [0.25, 0.3) is 0 Å². The van der Waals surface area contributed by atoms with Crippen molar-refractivity contribution in [3.63, 3.8) is 0 Å². The molecule has 0 bridgehead atoms. The van der Waals surface area contributed by atoms with E-state index >= 15 is 0 Å². The monoisotopic (exact) mass is 417 g/mol. The van der Waals surface area contributed by atoms with Gasteiger partial charge < -0.3 is 5.32 Å². The summed E-state index contributed by atoms with van der Waals surface area (Å²) < 4.78 is 14.3. The maximum Gasteiger partial charge on any atom is 0.230 e. The normalized spacial score (nSPS) is 11.3. The Morgan fingerprint density at radius 3 is 2.57 bits per heavy atom. The van der Waals surface area contributed by atoms with Crippen molar-refractivity contribution in [1.29, 1.82) is 0 Å². The van der Waals surface area contributed by atoms with Crippen LogP contribution in [0.4, 0.5) is 10.1 Å². The van der Waals surface area contributed by atoms with Crippen LogP contribution in [0.1, 0.15) is 29.9 Å². The van der Waals surface area contributed by atoms with Crippen LogP contribution in [0.3, 0.4) is 0 Å². The van der Waals surface area contributed by atoms with Gasteiger partial charge in [0.2, 0.25) is 5.91 Å². The molecule has 0 saturated carbocycles. The lowest BCUT2D eigenvalue weighted by atomic mass is 9.86. The van der Waals surface area contributed by atoms with E-state index < -0.39 is 11.2 Å². The smallest absolute Gasteiger partial charge is 0.230 e. The van der Waals surface area contributed by atoms with Crippen LogP contribution >= 0.6 is 38.9 Å². The summed E-state index contributed by atoms with van der Waals surface area (Å²) in [5.74, 6) is -1.08. The zero-order chi connectivity index (χ0) is 17.2. The Morgan fingerprint density at radius 1 is 1.30 bits per heavy atom. The summed E-state index contributed by atoms with van der Waals surface area (Å²) in [7, 11) is 0. The van der Waals surface area contributed by atoms with Crippen LogP contribution in [-0.4, -0.2) is 11.7 Å². The number of Topliss-reactive ketones (excluding diaryl/α,β-unsaturated/α-hetero) is 1. The van der Waals surface area contributed by atoms with Crippen LogP contribution in [0.15, 0.2) is 34.1 Å². The van der Waals surface area contributed by atoms with Crippen molar-refractivity contribution >= 4 is 56.2 Å². The average Bonchev–Trinajstić information content (AvgIpc) is 2.89. The zero-order valence-electron chi connectivity index (χ0n) is 12.5. The van der Waals surface area contributed by atoms with Gasteiger partial charge in [0.15, 0.2) is 5.78 Å². The van der Waals surface area contributed by atoms with Gasteiger partial charge in [-0.15, -0.1) is 11.3 Å². The summed E-state index contributed by atoms with van der Waals surface area (Å²) >= 11 is 10.2. The molecule has 122 valence electrons. The first-order chi connectivity index (χ1) is 10.7. The molecule has 0 atom stereocenters. The van der Waals surface area contributed by atoms with Gasteiger partial charge >= 0.3 is 0 Å². The molecule has 0 radical (unpaired) electrons. The molecule has 0 saturated heterocycles. The van der Waals surface area contributed by atoms with Crippen LogP contribution < -0.4 is 5.32 Å². The predicted molar refractivity (Wildman–Crippen MR) is 94.8 cm³/mol. The van der Waals surface area contributed by atoms with E-state index in [2.05, 4.69) is 21.2 Å². The molecule has 3 nitrogen and oxygen atoms in total. The fourth-order valence-electron chi connectivity index (χ4n) is 1.91. The molecular formula is C16H14BrClFNO2S. The lowest BCUT2D eigenvalue weighted by Gasteiger charge is -2.22. The number of nitrogens with one attached hydrogen (secondary N) is 1. The predicted octanol–water partition coefficient (Wildman–Crippen LogP) is 5.54. The van der Waals surface area contributed by atoms with Gasteiger partial charge in [-0.3, -0.25) is 9.59 Å². The van der Waals surface area contributed by atoms with Crippen molar-refractivity contribution in [3.05, 3.63) is 49.8 Å². The van der Waals surface area contributed by atoms with Crippen molar-refractivity contribution in [2.45, 2.75) is 20.3 Å². The van der Waals surface area contributed by atoms with Gasteiger partial charge in [0.1, 0.15) is 5.82 Å². The highest BCUT2D eigenvalue weighted by atomic mass is 79.9. The van der Waals surface area contributed by atoms with E-state index in [1.807, 2.05) is 0 Å². The first-order valence-corrected chi connectivity index (χ1v) is 8.73. The summed E-state index contributed by atoms with van der Waals surface area (Å²) in [6.45, 7) is 3.35. The quantitative estimate of drug-likeness (QED) is 0.648. The summed E-state index contributed by atoms with van der Waals surface area (Å²) in [6, 6.07) is 7.54. The number of amides is 1. The van der Waals surface area contributed by atoms with Crippen molar-refractivity contribution in [3.8, 4) is 0 Å². The first kappa shape index (κ1) is 18.1. The van der Waals surface area contributed by atoms with E-state index in [9.17, 15) is 14.0 Å². The fraction of sp³-hybridized carbons (Fsp3) is 0.250. The SMILES string of the molecule is CC(C)(CC(=O)c1ccc(Br)s1)C(=O)Nc1ccc(Cl)c(F)c1. The molecule has 1 aromatic heterocycles. The second-order valence-corrected chi connectivity index (χ2v) is 8.54. The molecule has 0 aliphatic rings. The fourth-order valence-corrected chi connectivity index (χ4v) is 3.35. The van der Waals surface area contributed by atoms with Crippen LogP contribution in [-0.2, 0) is 4.79 Å². The summed E-state index contributed by atoms with van der Waals surface area (Å²) in [6.07, 6.45) is 0.0574. The molecule has 1 heterocycles. The van der Waals surface area contributed by atoms with Gasteiger partial charge in [0, 0.05) is 12.1 Å². The number of hydrogen-bond donors (Lipinski definition) is 1. The molecule has 1 N–H and O–H groups in total. The van der Waals surface area contributed by atoms with Gasteiger partial charge in [-0.05, 0) is 46.3 Å². The van der Waals surface area contributed by atoms with Crippen molar-refractivity contribution < 1.29 is 14.0 Å². The second-order valence-electron chi connectivity index (χ2n) is 5.67. The van der Waals surface area contributed by atoms with Gasteiger partial charge in [0.05, 0.1) is 19.1 Å². The van der Waals surface area contributed by atoms with Gasteiger partial charge in [-0.2, -0.15) is 0 Å². The van der Waals surface area contributed by atoms with E-state index in [1.54, 1.807) is 26.0 Å². The maximum absolute atomic E-state index is 13.4. The Labute approximate surface area is 151 Å². The Balaban J connectivity index is 2.07. The maximum atomic E-state index is 13.4. The average molecular weight is 419 g/mol. The zero-order valence-corrected chi connectivity index (χ0v) is 15.6. The molecule has 0 unspecified atom stereocenters. The summed E-state index contributed by atoms with van der Waals surface area (Å²) in [5.41, 5.74) is -0.625. The van der Waals surface area contributed by atoms with E-state index in [0.717, 1.165) is 9.85 Å². The Morgan fingerprint density at radius 2 is 2.00 bits per heavy atom. The number of halogens is 3. The third-order valence-corrected chi connectivity index (χ3v) is 5.21. The topological polar surface area (TPSA) is 46.2 Å². The van der Waals surface area contributed by atoms with Gasteiger partial charge in [-0.1, -0.05) is 25.4 Å². The lowest BCUT2D eigenvalue weighted by molar-refractivity contribution is -0.123. The Kier molecular flexibility index (Phi) is 5.60. The highest BCUT2D eigenvalue weighted by molar-refractivity contribution is 9.11. The molecule has 23 heavy (non-hydrogen) atoms. The van der Waals surface area contributed by atoms with Gasteiger partial charge in [-0.25, -0.2) is 4.39 Å². The molecule has 0 spiro atoms. The number of carbonyl (C=O) groups is 2. The van der Waals surface area contributed by atoms with E-state index in [0.29, 0.717) is 10.6 Å². The third-order valence-electron chi connectivity index (χ3n) is 3.24. The lowest BCUT2D eigenvalue weighted by Crippen LogP contribution is -2.32. The number of rotatable bonds is 5. The number of benzene rings is 1. The minimum atomic E-state index is -0.927. The number of ketones is 1. The highest BCUT2D eigenvalue weighted by Crippen LogP contribution is 2.29. The second kappa shape index (κ2) is 7.11. The molecule has 0 fully saturated rings. The first-order valence-electron chi connectivity index (χ1n) is 6.74. The number of anilines is 1. The molecule has 7 heteroatoms. The van der Waals surface area contributed by atoms with Crippen LogP contribution in [0.2, 0.25) is 5.02 Å². The highest BCUT2D eigenvalue weighted by Gasteiger charge is 2.31.